The topological polar surface area (TPSA) is 78.9 Å². The first-order chi connectivity index (χ1) is 17.8. The van der Waals surface area contributed by atoms with Gasteiger partial charge in [0.1, 0.15) is 18.0 Å². The van der Waals surface area contributed by atoms with Crippen LogP contribution in [0.25, 0.3) is 0 Å². The number of epoxide rings is 1. The standard InChI is InChI=1S/C30H40O7/c1-20-24(31)16-30(36-25(20)14-15-33-17-21-8-6-5-7-9-21)29(2,3)28(27(37-30)26-19-34-26)35-18-22-10-12-23(32-4)13-11-22/h5-13,20,24-28,31H,14-19H2,1-4H3/t20-,24+,25-,26+,27+,28-,30+/m1/s1. The number of methoxy groups -OCH3 is 1. The predicted octanol–water partition coefficient (Wildman–Crippen LogP) is 4.49. The second-order valence-corrected chi connectivity index (χ2v) is 11.1. The molecular weight excluding hydrogens is 472 g/mol. The van der Waals surface area contributed by atoms with Crippen LogP contribution in [-0.2, 0) is 36.9 Å². The van der Waals surface area contributed by atoms with E-state index in [2.05, 4.69) is 26.0 Å². The first-order valence-electron chi connectivity index (χ1n) is 13.3. The van der Waals surface area contributed by atoms with Crippen molar-refractivity contribution in [2.75, 3.05) is 20.3 Å². The Morgan fingerprint density at radius 1 is 0.973 bits per heavy atom. The van der Waals surface area contributed by atoms with Gasteiger partial charge in [-0.1, -0.05) is 63.2 Å². The van der Waals surface area contributed by atoms with Gasteiger partial charge in [0, 0.05) is 24.4 Å². The molecule has 0 bridgehead atoms. The highest BCUT2D eigenvalue weighted by Crippen LogP contribution is 2.56. The Balaban J connectivity index is 1.27. The van der Waals surface area contributed by atoms with E-state index in [1.165, 1.54) is 0 Å². The molecule has 2 aromatic rings. The highest BCUT2D eigenvalue weighted by atomic mass is 16.7. The number of hydrogen-bond acceptors (Lipinski definition) is 7. The van der Waals surface area contributed by atoms with Gasteiger partial charge in [0.15, 0.2) is 5.79 Å². The lowest BCUT2D eigenvalue weighted by Crippen LogP contribution is -2.58. The molecule has 3 fully saturated rings. The molecule has 1 N–H and O–H groups in total. The number of benzene rings is 2. The first-order valence-corrected chi connectivity index (χ1v) is 13.3. The van der Waals surface area contributed by atoms with Gasteiger partial charge in [0.2, 0.25) is 0 Å². The number of aliphatic hydroxyl groups excluding tert-OH is 1. The molecule has 2 aromatic carbocycles. The van der Waals surface area contributed by atoms with E-state index in [0.717, 1.165) is 16.9 Å². The maximum Gasteiger partial charge on any atom is 0.179 e. The molecule has 3 heterocycles. The largest absolute Gasteiger partial charge is 0.497 e. The minimum Gasteiger partial charge on any atom is -0.497 e. The monoisotopic (exact) mass is 512 g/mol. The Morgan fingerprint density at radius 3 is 2.35 bits per heavy atom. The van der Waals surface area contributed by atoms with Gasteiger partial charge < -0.3 is 33.5 Å². The van der Waals surface area contributed by atoms with Crippen molar-refractivity contribution in [3.8, 4) is 5.75 Å². The number of aliphatic hydroxyl groups is 1. The lowest BCUT2D eigenvalue weighted by atomic mass is 9.72. The third-order valence-corrected chi connectivity index (χ3v) is 8.30. The zero-order chi connectivity index (χ0) is 26.0. The summed E-state index contributed by atoms with van der Waals surface area (Å²) in [6.45, 7) is 8.48. The van der Waals surface area contributed by atoms with Gasteiger partial charge >= 0.3 is 0 Å². The van der Waals surface area contributed by atoms with Crippen molar-refractivity contribution in [3.05, 3.63) is 65.7 Å². The number of hydrogen-bond donors (Lipinski definition) is 1. The minimum atomic E-state index is -0.968. The van der Waals surface area contributed by atoms with Crippen LogP contribution in [0, 0.1) is 11.3 Å². The predicted molar refractivity (Wildman–Crippen MR) is 138 cm³/mol. The molecule has 3 saturated heterocycles. The summed E-state index contributed by atoms with van der Waals surface area (Å²) in [4.78, 5) is 0. The van der Waals surface area contributed by atoms with Crippen molar-refractivity contribution in [3.63, 3.8) is 0 Å². The number of ether oxygens (including phenoxy) is 6. The van der Waals surface area contributed by atoms with Gasteiger partial charge in [-0.3, -0.25) is 0 Å². The van der Waals surface area contributed by atoms with E-state index in [1.54, 1.807) is 7.11 Å². The summed E-state index contributed by atoms with van der Waals surface area (Å²) in [5, 5.41) is 11.1. The van der Waals surface area contributed by atoms with E-state index < -0.39 is 17.3 Å². The summed E-state index contributed by atoms with van der Waals surface area (Å²) in [5.74, 6) is -0.182. The van der Waals surface area contributed by atoms with Gasteiger partial charge in [-0.15, -0.1) is 0 Å². The Bertz CT molecular complexity index is 1010. The van der Waals surface area contributed by atoms with Crippen LogP contribution in [0.2, 0.25) is 0 Å². The average Bonchev–Trinajstić information content (AvgIpc) is 3.72. The maximum absolute atomic E-state index is 11.1. The van der Waals surface area contributed by atoms with Crippen LogP contribution in [0.15, 0.2) is 54.6 Å². The Labute approximate surface area is 220 Å². The highest BCUT2D eigenvalue weighted by molar-refractivity contribution is 5.26. The molecule has 0 saturated carbocycles. The average molecular weight is 513 g/mol. The van der Waals surface area contributed by atoms with Crippen LogP contribution >= 0.6 is 0 Å². The summed E-state index contributed by atoms with van der Waals surface area (Å²) < 4.78 is 36.9. The summed E-state index contributed by atoms with van der Waals surface area (Å²) >= 11 is 0. The van der Waals surface area contributed by atoms with Crippen molar-refractivity contribution in [2.24, 2.45) is 11.3 Å². The second-order valence-electron chi connectivity index (χ2n) is 11.1. The van der Waals surface area contributed by atoms with Gasteiger partial charge in [0.05, 0.1) is 45.2 Å². The summed E-state index contributed by atoms with van der Waals surface area (Å²) in [6.07, 6.45) is -0.204. The van der Waals surface area contributed by atoms with Gasteiger partial charge in [-0.2, -0.15) is 0 Å². The molecule has 0 unspecified atom stereocenters. The van der Waals surface area contributed by atoms with Crippen LogP contribution in [0.4, 0.5) is 0 Å². The fraction of sp³-hybridized carbons (Fsp3) is 0.600. The second kappa shape index (κ2) is 11.0. The molecule has 1 spiro atoms. The lowest BCUT2D eigenvalue weighted by Gasteiger charge is -2.50. The van der Waals surface area contributed by atoms with E-state index in [9.17, 15) is 5.11 Å². The van der Waals surface area contributed by atoms with Gasteiger partial charge in [-0.05, 0) is 29.7 Å². The fourth-order valence-electron chi connectivity index (χ4n) is 5.67. The van der Waals surface area contributed by atoms with E-state index >= 15 is 0 Å². The summed E-state index contributed by atoms with van der Waals surface area (Å²) in [7, 11) is 1.66. The normalized spacial score (nSPS) is 34.5. The van der Waals surface area contributed by atoms with Gasteiger partial charge in [0.25, 0.3) is 0 Å². The molecule has 0 aromatic heterocycles. The quantitative estimate of drug-likeness (QED) is 0.371. The van der Waals surface area contributed by atoms with Crippen LogP contribution in [0.3, 0.4) is 0 Å². The molecule has 7 heteroatoms. The third-order valence-electron chi connectivity index (χ3n) is 8.30. The summed E-state index contributed by atoms with van der Waals surface area (Å²) in [5.41, 5.74) is 1.68. The fourth-order valence-corrected chi connectivity index (χ4v) is 5.67. The highest BCUT2D eigenvalue weighted by Gasteiger charge is 2.68. The smallest absolute Gasteiger partial charge is 0.179 e. The molecule has 7 atom stereocenters. The molecular formula is C30H40O7. The molecule has 0 radical (unpaired) electrons. The third kappa shape index (κ3) is 5.58. The van der Waals surface area contributed by atoms with Crippen LogP contribution in [0.1, 0.15) is 44.7 Å². The molecule has 0 amide bonds. The Hall–Kier alpha value is -2.00. The zero-order valence-electron chi connectivity index (χ0n) is 22.3. The Morgan fingerprint density at radius 2 is 1.68 bits per heavy atom. The molecule has 3 aliphatic heterocycles. The van der Waals surface area contributed by atoms with Crippen LogP contribution < -0.4 is 4.74 Å². The molecule has 3 aliphatic rings. The zero-order valence-corrected chi connectivity index (χ0v) is 22.3. The molecule has 202 valence electrons. The van der Waals surface area contributed by atoms with E-state index in [4.69, 9.17) is 28.4 Å². The molecule has 37 heavy (non-hydrogen) atoms. The SMILES string of the molecule is COc1ccc(CO[C@@H]2[C@H]([C@@H]3CO3)O[C@@]3(C[C@H](O)[C@@H](C)[C@@H](CCOCc4ccccc4)O3)C2(C)C)cc1. The first kappa shape index (κ1) is 26.6. The van der Waals surface area contributed by atoms with Crippen molar-refractivity contribution in [2.45, 2.75) is 83.1 Å². The van der Waals surface area contributed by atoms with E-state index in [0.29, 0.717) is 39.3 Å². The molecule has 5 rings (SSSR count). The number of rotatable bonds is 10. The van der Waals surface area contributed by atoms with Crippen molar-refractivity contribution in [1.29, 1.82) is 0 Å². The molecule has 7 nitrogen and oxygen atoms in total. The molecule has 0 aliphatic carbocycles. The van der Waals surface area contributed by atoms with Crippen LogP contribution in [-0.4, -0.2) is 61.7 Å². The Kier molecular flexibility index (Phi) is 7.91. The van der Waals surface area contributed by atoms with Crippen molar-refractivity contribution >= 4 is 0 Å². The summed E-state index contributed by atoms with van der Waals surface area (Å²) in [6, 6.07) is 18.0. The lowest BCUT2D eigenvalue weighted by molar-refractivity contribution is -0.333. The van der Waals surface area contributed by atoms with E-state index in [-0.39, 0.29) is 30.3 Å². The van der Waals surface area contributed by atoms with E-state index in [1.807, 2.05) is 49.4 Å². The minimum absolute atomic E-state index is 0.0210. The maximum atomic E-state index is 11.1. The van der Waals surface area contributed by atoms with Crippen molar-refractivity contribution in [1.82, 2.24) is 0 Å². The van der Waals surface area contributed by atoms with Crippen molar-refractivity contribution < 1.29 is 33.5 Å². The van der Waals surface area contributed by atoms with Gasteiger partial charge in [-0.25, -0.2) is 0 Å². The van der Waals surface area contributed by atoms with Crippen LogP contribution in [0.5, 0.6) is 5.75 Å².